The molecule has 1 aliphatic carbocycles. The molecule has 4 aromatic rings. The van der Waals surface area contributed by atoms with Gasteiger partial charge in [-0.1, -0.05) is 36.4 Å². The molecule has 0 fully saturated rings. The van der Waals surface area contributed by atoms with E-state index in [2.05, 4.69) is 5.32 Å². The van der Waals surface area contributed by atoms with Gasteiger partial charge >= 0.3 is 0 Å². The number of benzene rings is 3. The number of pyridine rings is 1. The van der Waals surface area contributed by atoms with E-state index in [1.165, 1.54) is 18.8 Å². The van der Waals surface area contributed by atoms with Crippen molar-refractivity contribution in [1.82, 2.24) is 9.88 Å². The molecule has 8 nitrogen and oxygen atoms in total. The molecule has 1 heterocycles. The average Bonchev–Trinajstić information content (AvgIpc) is 3.21. The Morgan fingerprint density at radius 1 is 0.861 bits per heavy atom. The van der Waals surface area contributed by atoms with Gasteiger partial charge in [0.15, 0.2) is 17.3 Å². The lowest BCUT2D eigenvalue weighted by Crippen LogP contribution is -2.33. The van der Waals surface area contributed by atoms with Gasteiger partial charge in [0, 0.05) is 23.1 Å². The van der Waals surface area contributed by atoms with E-state index >= 15 is 0 Å². The predicted molar refractivity (Wildman–Crippen MR) is 135 cm³/mol. The number of ketones is 1. The number of nitrogens with one attached hydrogen (secondary N) is 1. The molecule has 1 aliphatic rings. The fourth-order valence-electron chi connectivity index (χ4n) is 4.67. The smallest absolute Gasteiger partial charge is 0.263 e. The van der Waals surface area contributed by atoms with Gasteiger partial charge in [-0.25, -0.2) is 0 Å². The first-order valence-corrected chi connectivity index (χ1v) is 11.3. The molecule has 5 rings (SSSR count). The van der Waals surface area contributed by atoms with Crippen LogP contribution in [0.1, 0.15) is 21.5 Å². The summed E-state index contributed by atoms with van der Waals surface area (Å²) in [5.74, 6) is 0.730. The van der Waals surface area contributed by atoms with Crippen molar-refractivity contribution in [3.05, 3.63) is 87.7 Å². The minimum absolute atomic E-state index is 0.194. The van der Waals surface area contributed by atoms with Crippen LogP contribution in [-0.4, -0.2) is 37.6 Å². The molecule has 0 atom stereocenters. The number of aromatic nitrogens is 1. The molecule has 3 aromatic carbocycles. The standard InChI is InChI=1S/C28H24N2O6/c1-34-17-10-8-16(9-11-17)14-29-22(31)15-30-25-18-6-4-5-7-19(18)26(32)23(25)20-12-13-21(35-2)27(36-3)24(20)28(30)33/h4-13H,14-15H2,1-3H3,(H,29,31). The van der Waals surface area contributed by atoms with E-state index in [-0.39, 0.29) is 35.9 Å². The van der Waals surface area contributed by atoms with Crippen LogP contribution in [0.5, 0.6) is 17.2 Å². The zero-order chi connectivity index (χ0) is 25.4. The zero-order valence-electron chi connectivity index (χ0n) is 20.1. The maximum absolute atomic E-state index is 13.9. The van der Waals surface area contributed by atoms with Gasteiger partial charge in [-0.3, -0.25) is 19.0 Å². The van der Waals surface area contributed by atoms with Crippen molar-refractivity contribution in [2.75, 3.05) is 21.3 Å². The second kappa shape index (κ2) is 9.22. The monoisotopic (exact) mass is 484 g/mol. The van der Waals surface area contributed by atoms with E-state index in [1.54, 1.807) is 43.5 Å². The second-order valence-electron chi connectivity index (χ2n) is 8.34. The number of rotatable bonds is 7. The third-order valence-electron chi connectivity index (χ3n) is 6.39. The molecule has 0 spiro atoms. The summed E-state index contributed by atoms with van der Waals surface area (Å²) in [5, 5.41) is 3.51. The number of fused-ring (bicyclic) bond motifs is 5. The van der Waals surface area contributed by atoms with Gasteiger partial charge in [0.05, 0.1) is 38.0 Å². The summed E-state index contributed by atoms with van der Waals surface area (Å²) in [7, 11) is 4.50. The molecule has 36 heavy (non-hydrogen) atoms. The Labute approximate surface area is 207 Å². The maximum Gasteiger partial charge on any atom is 0.263 e. The van der Waals surface area contributed by atoms with Gasteiger partial charge in [-0.05, 0) is 29.8 Å². The second-order valence-corrected chi connectivity index (χ2v) is 8.34. The Bertz CT molecular complexity index is 1570. The van der Waals surface area contributed by atoms with Crippen LogP contribution in [0.2, 0.25) is 0 Å². The Morgan fingerprint density at radius 2 is 1.58 bits per heavy atom. The zero-order valence-corrected chi connectivity index (χ0v) is 20.1. The first-order valence-electron chi connectivity index (χ1n) is 11.3. The fraction of sp³-hybridized carbons (Fsp3) is 0.179. The number of hydrogen-bond acceptors (Lipinski definition) is 6. The van der Waals surface area contributed by atoms with E-state index < -0.39 is 5.56 Å². The molecular formula is C28H24N2O6. The molecule has 0 radical (unpaired) electrons. The minimum atomic E-state index is -0.441. The summed E-state index contributed by atoms with van der Waals surface area (Å²) in [5.41, 5.74) is 2.35. The topological polar surface area (TPSA) is 95.9 Å². The van der Waals surface area contributed by atoms with E-state index in [0.29, 0.717) is 33.5 Å². The fourth-order valence-corrected chi connectivity index (χ4v) is 4.67. The van der Waals surface area contributed by atoms with Crippen molar-refractivity contribution >= 4 is 22.5 Å². The number of nitrogens with zero attached hydrogens (tertiary/aromatic N) is 1. The lowest BCUT2D eigenvalue weighted by atomic mass is 10.0. The minimum Gasteiger partial charge on any atom is -0.497 e. The van der Waals surface area contributed by atoms with Crippen LogP contribution < -0.4 is 25.1 Å². The molecule has 8 heteroatoms. The number of amides is 1. The summed E-state index contributed by atoms with van der Waals surface area (Å²) in [6.07, 6.45) is 0. The van der Waals surface area contributed by atoms with E-state index in [9.17, 15) is 14.4 Å². The molecule has 1 N–H and O–H groups in total. The average molecular weight is 485 g/mol. The molecule has 0 bridgehead atoms. The highest BCUT2D eigenvalue weighted by molar-refractivity contribution is 6.27. The molecule has 1 aromatic heterocycles. The molecule has 0 aliphatic heterocycles. The molecule has 1 amide bonds. The van der Waals surface area contributed by atoms with Crippen LogP contribution in [0.4, 0.5) is 0 Å². The first-order chi connectivity index (χ1) is 17.5. The van der Waals surface area contributed by atoms with Crippen molar-refractivity contribution in [1.29, 1.82) is 0 Å². The van der Waals surface area contributed by atoms with Gasteiger partial charge in [0.25, 0.3) is 5.56 Å². The lowest BCUT2D eigenvalue weighted by molar-refractivity contribution is -0.121. The molecule has 0 saturated carbocycles. The quantitative estimate of drug-likeness (QED) is 0.380. The van der Waals surface area contributed by atoms with Gasteiger partial charge < -0.3 is 19.5 Å². The Morgan fingerprint density at radius 3 is 2.25 bits per heavy atom. The predicted octanol–water partition coefficient (Wildman–Crippen LogP) is 3.56. The van der Waals surface area contributed by atoms with Crippen molar-refractivity contribution in [2.24, 2.45) is 0 Å². The summed E-state index contributed by atoms with van der Waals surface area (Å²) in [4.78, 5) is 40.4. The van der Waals surface area contributed by atoms with Crippen LogP contribution >= 0.6 is 0 Å². The van der Waals surface area contributed by atoms with Crippen LogP contribution in [-0.2, 0) is 17.9 Å². The Kier molecular flexibility index (Phi) is 5.93. The number of carbonyl (C=O) groups is 2. The number of carbonyl (C=O) groups excluding carboxylic acids is 2. The van der Waals surface area contributed by atoms with Crippen molar-refractivity contribution in [2.45, 2.75) is 13.1 Å². The van der Waals surface area contributed by atoms with Crippen LogP contribution in [0, 0.1) is 0 Å². The Balaban J connectivity index is 1.62. The lowest BCUT2D eigenvalue weighted by Gasteiger charge is -2.17. The van der Waals surface area contributed by atoms with Crippen LogP contribution in [0.3, 0.4) is 0 Å². The number of hydrogen-bond donors (Lipinski definition) is 1. The molecular weight excluding hydrogens is 460 g/mol. The van der Waals surface area contributed by atoms with Gasteiger partial charge in [0.2, 0.25) is 5.91 Å². The molecule has 0 saturated heterocycles. The maximum atomic E-state index is 13.9. The normalized spacial score (nSPS) is 11.7. The van der Waals surface area contributed by atoms with Crippen LogP contribution in [0.15, 0.2) is 65.5 Å². The Hall–Kier alpha value is -4.59. The third kappa shape index (κ3) is 3.67. The van der Waals surface area contributed by atoms with Crippen LogP contribution in [0.25, 0.3) is 22.0 Å². The molecule has 0 unspecified atom stereocenters. The van der Waals surface area contributed by atoms with E-state index in [0.717, 1.165) is 11.3 Å². The summed E-state index contributed by atoms with van der Waals surface area (Å²) in [6.45, 7) is 0.00918. The van der Waals surface area contributed by atoms with Crippen molar-refractivity contribution in [3.63, 3.8) is 0 Å². The molecule has 182 valence electrons. The summed E-state index contributed by atoms with van der Waals surface area (Å²) in [6, 6.07) is 17.8. The van der Waals surface area contributed by atoms with E-state index in [1.807, 2.05) is 24.3 Å². The van der Waals surface area contributed by atoms with Gasteiger partial charge in [-0.15, -0.1) is 0 Å². The largest absolute Gasteiger partial charge is 0.497 e. The highest BCUT2D eigenvalue weighted by Crippen LogP contribution is 2.42. The van der Waals surface area contributed by atoms with Crippen molar-refractivity contribution < 1.29 is 23.8 Å². The summed E-state index contributed by atoms with van der Waals surface area (Å²) >= 11 is 0. The highest BCUT2D eigenvalue weighted by atomic mass is 16.5. The van der Waals surface area contributed by atoms with Gasteiger partial charge in [0.1, 0.15) is 12.3 Å². The van der Waals surface area contributed by atoms with Crippen molar-refractivity contribution in [3.8, 4) is 28.5 Å². The number of ether oxygens (including phenoxy) is 3. The first kappa shape index (κ1) is 23.2. The third-order valence-corrected chi connectivity index (χ3v) is 6.39. The highest BCUT2D eigenvalue weighted by Gasteiger charge is 2.34. The SMILES string of the molecule is COc1ccc(CNC(=O)Cn2c3c(c4ccc(OC)c(OC)c4c2=O)C(=O)c2ccccc2-3)cc1. The van der Waals surface area contributed by atoms with Gasteiger partial charge in [-0.2, -0.15) is 0 Å². The van der Waals surface area contributed by atoms with E-state index in [4.69, 9.17) is 14.2 Å². The summed E-state index contributed by atoms with van der Waals surface area (Å²) < 4.78 is 17.4. The number of methoxy groups -OCH3 is 3.